The zero-order valence-corrected chi connectivity index (χ0v) is 13.3. The normalized spacial score (nSPS) is 14.5. The van der Waals surface area contributed by atoms with Crippen molar-refractivity contribution in [3.8, 4) is 5.82 Å². The van der Waals surface area contributed by atoms with Gasteiger partial charge in [0.15, 0.2) is 5.82 Å². The molecule has 0 spiro atoms. The Morgan fingerprint density at radius 2 is 1.96 bits per heavy atom. The van der Waals surface area contributed by atoms with Crippen molar-refractivity contribution in [1.29, 1.82) is 0 Å². The van der Waals surface area contributed by atoms with E-state index in [0.717, 1.165) is 37.3 Å². The van der Waals surface area contributed by atoms with E-state index in [9.17, 15) is 4.79 Å². The Kier molecular flexibility index (Phi) is 3.66. The number of fused-ring (bicyclic) bond motifs is 1. The maximum atomic E-state index is 12.6. The number of rotatable bonds is 3. The quantitative estimate of drug-likeness (QED) is 0.769. The summed E-state index contributed by atoms with van der Waals surface area (Å²) in [7, 11) is 0. The van der Waals surface area contributed by atoms with Crippen LogP contribution in [0.25, 0.3) is 5.82 Å². The van der Waals surface area contributed by atoms with Gasteiger partial charge in [-0.25, -0.2) is 9.67 Å². The Labute approximate surface area is 139 Å². The molecule has 2 aromatic heterocycles. The highest BCUT2D eigenvalue weighted by Crippen LogP contribution is 2.18. The second-order valence-corrected chi connectivity index (χ2v) is 6.08. The zero-order chi connectivity index (χ0) is 16.5. The van der Waals surface area contributed by atoms with Gasteiger partial charge in [0.25, 0.3) is 5.56 Å². The van der Waals surface area contributed by atoms with Crippen molar-refractivity contribution in [2.24, 2.45) is 0 Å². The maximum absolute atomic E-state index is 12.6. The lowest BCUT2D eigenvalue weighted by Gasteiger charge is -2.25. The Bertz CT molecular complexity index is 913. The van der Waals surface area contributed by atoms with E-state index in [0.29, 0.717) is 11.6 Å². The molecule has 3 heterocycles. The third-order valence-corrected chi connectivity index (χ3v) is 4.37. The van der Waals surface area contributed by atoms with Gasteiger partial charge in [0.1, 0.15) is 5.82 Å². The van der Waals surface area contributed by atoms with Gasteiger partial charge in [-0.1, -0.05) is 36.4 Å². The number of H-pyrrole nitrogens is 1. The fourth-order valence-electron chi connectivity index (χ4n) is 3.18. The third-order valence-electron chi connectivity index (χ3n) is 4.37. The van der Waals surface area contributed by atoms with E-state index >= 15 is 0 Å². The zero-order valence-electron chi connectivity index (χ0n) is 13.3. The summed E-state index contributed by atoms with van der Waals surface area (Å²) in [5, 5.41) is 3.21. The molecule has 6 heteroatoms. The van der Waals surface area contributed by atoms with Crippen LogP contribution in [0.4, 0.5) is 5.82 Å². The lowest BCUT2D eigenvalue weighted by atomic mass is 10.1. The molecule has 0 saturated heterocycles. The predicted molar refractivity (Wildman–Crippen MR) is 92.9 cm³/mol. The van der Waals surface area contributed by atoms with E-state index in [2.05, 4.69) is 39.2 Å². The van der Waals surface area contributed by atoms with E-state index in [1.165, 1.54) is 10.2 Å². The lowest BCUT2D eigenvalue weighted by Crippen LogP contribution is -2.31. The average Bonchev–Trinajstić information content (AvgIpc) is 2.92. The van der Waals surface area contributed by atoms with Crippen LogP contribution in [0, 0.1) is 0 Å². The van der Waals surface area contributed by atoms with Gasteiger partial charge in [-0.05, 0) is 24.1 Å². The molecule has 1 aromatic carbocycles. The largest absolute Gasteiger partial charge is 0.384 e. The van der Waals surface area contributed by atoms with Crippen LogP contribution in [-0.2, 0) is 19.5 Å². The standard InChI is InChI=1S/C18H19N5O/c19-16-7-4-8-17(20-16)23-18(24)14-9-10-22(12-15(14)21-23)11-13-5-2-1-3-6-13/h1-8,21H,9-12H2,(H2,19,20). The molecule has 0 atom stereocenters. The van der Waals surface area contributed by atoms with E-state index in [1.807, 2.05) is 6.07 Å². The molecular formula is C18H19N5O. The Balaban J connectivity index is 1.61. The van der Waals surface area contributed by atoms with Crippen LogP contribution in [0.3, 0.4) is 0 Å². The van der Waals surface area contributed by atoms with Gasteiger partial charge >= 0.3 is 0 Å². The highest BCUT2D eigenvalue weighted by molar-refractivity contribution is 5.36. The fourth-order valence-corrected chi connectivity index (χ4v) is 3.18. The molecule has 24 heavy (non-hydrogen) atoms. The molecule has 1 aliphatic heterocycles. The molecule has 0 amide bonds. The van der Waals surface area contributed by atoms with Gasteiger partial charge in [-0.3, -0.25) is 14.8 Å². The molecule has 4 rings (SSSR count). The van der Waals surface area contributed by atoms with Crippen LogP contribution in [0.5, 0.6) is 0 Å². The monoisotopic (exact) mass is 321 g/mol. The summed E-state index contributed by atoms with van der Waals surface area (Å²) in [4.78, 5) is 19.2. The molecule has 0 bridgehead atoms. The molecule has 3 aromatic rings. The summed E-state index contributed by atoms with van der Waals surface area (Å²) in [6.07, 6.45) is 0.743. The number of hydrogen-bond acceptors (Lipinski definition) is 4. The molecule has 122 valence electrons. The van der Waals surface area contributed by atoms with Crippen LogP contribution in [0.2, 0.25) is 0 Å². The molecule has 0 saturated carbocycles. The number of nitrogens with zero attached hydrogens (tertiary/aromatic N) is 3. The van der Waals surface area contributed by atoms with Crippen LogP contribution in [0.15, 0.2) is 53.3 Å². The summed E-state index contributed by atoms with van der Waals surface area (Å²) in [6, 6.07) is 15.7. The van der Waals surface area contributed by atoms with Crippen LogP contribution >= 0.6 is 0 Å². The average molecular weight is 321 g/mol. The molecule has 0 fully saturated rings. The predicted octanol–water partition coefficient (Wildman–Crippen LogP) is 1.70. The van der Waals surface area contributed by atoms with Gasteiger partial charge in [-0.15, -0.1) is 0 Å². The Morgan fingerprint density at radius 1 is 1.12 bits per heavy atom. The summed E-state index contributed by atoms with van der Waals surface area (Å²) >= 11 is 0. The summed E-state index contributed by atoms with van der Waals surface area (Å²) < 4.78 is 1.49. The number of benzene rings is 1. The van der Waals surface area contributed by atoms with Crippen molar-refractivity contribution >= 4 is 5.82 Å². The Hall–Kier alpha value is -2.86. The number of pyridine rings is 1. The van der Waals surface area contributed by atoms with Crippen LogP contribution in [0.1, 0.15) is 16.8 Å². The minimum absolute atomic E-state index is 0.0255. The van der Waals surface area contributed by atoms with E-state index in [-0.39, 0.29) is 5.56 Å². The molecule has 0 unspecified atom stereocenters. The number of aromatic nitrogens is 3. The first-order chi connectivity index (χ1) is 11.7. The molecule has 6 nitrogen and oxygen atoms in total. The van der Waals surface area contributed by atoms with Crippen molar-refractivity contribution < 1.29 is 0 Å². The fraction of sp³-hybridized carbons (Fsp3) is 0.222. The summed E-state index contributed by atoms with van der Waals surface area (Å²) in [5.41, 5.74) is 8.79. The Morgan fingerprint density at radius 3 is 2.75 bits per heavy atom. The molecule has 1 aliphatic rings. The number of nitrogens with one attached hydrogen (secondary N) is 1. The molecule has 0 radical (unpaired) electrons. The van der Waals surface area contributed by atoms with Gasteiger partial charge in [0.2, 0.25) is 0 Å². The maximum Gasteiger partial charge on any atom is 0.276 e. The minimum atomic E-state index is -0.0255. The number of hydrogen-bond donors (Lipinski definition) is 2. The molecular weight excluding hydrogens is 302 g/mol. The van der Waals surface area contributed by atoms with Gasteiger partial charge in [0, 0.05) is 25.2 Å². The summed E-state index contributed by atoms with van der Waals surface area (Å²) in [5.74, 6) is 0.932. The van der Waals surface area contributed by atoms with E-state index in [1.54, 1.807) is 18.2 Å². The molecule has 0 aliphatic carbocycles. The van der Waals surface area contributed by atoms with Gasteiger partial charge in [-0.2, -0.15) is 0 Å². The first kappa shape index (κ1) is 14.7. The second-order valence-electron chi connectivity index (χ2n) is 6.08. The van der Waals surface area contributed by atoms with Crippen molar-refractivity contribution in [3.05, 3.63) is 75.7 Å². The van der Waals surface area contributed by atoms with Crippen molar-refractivity contribution in [1.82, 2.24) is 19.7 Å². The molecule has 3 N–H and O–H groups in total. The highest BCUT2D eigenvalue weighted by atomic mass is 16.1. The third kappa shape index (κ3) is 2.72. The number of anilines is 1. The van der Waals surface area contributed by atoms with Gasteiger partial charge in [0.05, 0.1) is 5.69 Å². The van der Waals surface area contributed by atoms with Crippen molar-refractivity contribution in [3.63, 3.8) is 0 Å². The van der Waals surface area contributed by atoms with Gasteiger partial charge < -0.3 is 5.73 Å². The van der Waals surface area contributed by atoms with Crippen LogP contribution < -0.4 is 11.3 Å². The number of nitrogens with two attached hydrogens (primary N) is 1. The number of aromatic amines is 1. The van der Waals surface area contributed by atoms with Crippen molar-refractivity contribution in [2.45, 2.75) is 19.5 Å². The topological polar surface area (TPSA) is 79.9 Å². The first-order valence-electron chi connectivity index (χ1n) is 8.02. The SMILES string of the molecule is Nc1cccc(-n2[nH]c3c(c2=O)CCN(Cc2ccccc2)C3)n1. The van der Waals surface area contributed by atoms with E-state index < -0.39 is 0 Å². The highest BCUT2D eigenvalue weighted by Gasteiger charge is 2.23. The first-order valence-corrected chi connectivity index (χ1v) is 8.02. The smallest absolute Gasteiger partial charge is 0.276 e. The summed E-state index contributed by atoms with van der Waals surface area (Å²) in [6.45, 7) is 2.48. The number of nitrogen functional groups attached to an aromatic ring is 1. The van der Waals surface area contributed by atoms with Crippen LogP contribution in [-0.4, -0.2) is 26.2 Å². The van der Waals surface area contributed by atoms with Crippen molar-refractivity contribution in [2.75, 3.05) is 12.3 Å². The lowest BCUT2D eigenvalue weighted by molar-refractivity contribution is 0.242. The second kappa shape index (κ2) is 5.98. The van der Waals surface area contributed by atoms with E-state index in [4.69, 9.17) is 5.73 Å². The minimum Gasteiger partial charge on any atom is -0.384 e.